The first-order valence-corrected chi connectivity index (χ1v) is 11.7. The lowest BCUT2D eigenvalue weighted by atomic mass is 10.1. The highest BCUT2D eigenvalue weighted by molar-refractivity contribution is 7.18. The molecule has 11 heteroatoms. The van der Waals surface area contributed by atoms with Gasteiger partial charge in [-0.2, -0.15) is 13.2 Å². The van der Waals surface area contributed by atoms with Gasteiger partial charge in [-0.25, -0.2) is 0 Å². The number of amides is 2. The van der Waals surface area contributed by atoms with Crippen LogP contribution in [0.1, 0.15) is 42.6 Å². The van der Waals surface area contributed by atoms with Crippen molar-refractivity contribution in [3.8, 4) is 10.6 Å². The lowest BCUT2D eigenvalue weighted by Crippen LogP contribution is -2.40. The zero-order valence-corrected chi connectivity index (χ0v) is 20.0. The summed E-state index contributed by atoms with van der Waals surface area (Å²) in [4.78, 5) is 26.9. The van der Waals surface area contributed by atoms with Crippen LogP contribution >= 0.6 is 22.9 Å². The second-order valence-electron chi connectivity index (χ2n) is 7.55. The van der Waals surface area contributed by atoms with E-state index in [2.05, 4.69) is 15.5 Å². The van der Waals surface area contributed by atoms with Crippen molar-refractivity contribution in [1.82, 2.24) is 15.1 Å². The molecule has 0 bridgehead atoms. The lowest BCUT2D eigenvalue weighted by molar-refractivity contribution is -0.137. The van der Waals surface area contributed by atoms with Gasteiger partial charge >= 0.3 is 6.18 Å². The van der Waals surface area contributed by atoms with E-state index in [1.54, 1.807) is 24.3 Å². The van der Waals surface area contributed by atoms with Gasteiger partial charge in [-0.05, 0) is 49.7 Å². The summed E-state index contributed by atoms with van der Waals surface area (Å²) in [7, 11) is 0. The van der Waals surface area contributed by atoms with Crippen LogP contribution in [0.25, 0.3) is 10.6 Å². The highest BCUT2D eigenvalue weighted by Crippen LogP contribution is 2.30. The minimum atomic E-state index is -4.48. The van der Waals surface area contributed by atoms with Crippen molar-refractivity contribution in [1.29, 1.82) is 0 Å². The van der Waals surface area contributed by atoms with Crippen LogP contribution in [0.5, 0.6) is 0 Å². The van der Waals surface area contributed by atoms with Gasteiger partial charge in [0, 0.05) is 35.2 Å². The molecule has 1 heterocycles. The highest BCUT2D eigenvalue weighted by Gasteiger charge is 2.30. The third-order valence-corrected chi connectivity index (χ3v) is 6.32. The van der Waals surface area contributed by atoms with Crippen LogP contribution in [0.3, 0.4) is 0 Å². The third kappa shape index (κ3) is 6.54. The molecule has 3 aromatic rings. The molecular weight excluding hydrogens is 489 g/mol. The molecule has 2 amide bonds. The van der Waals surface area contributed by atoms with E-state index in [1.165, 1.54) is 16.2 Å². The Labute approximate surface area is 203 Å². The predicted molar refractivity (Wildman–Crippen MR) is 126 cm³/mol. The summed E-state index contributed by atoms with van der Waals surface area (Å²) in [5.41, 5.74) is 0.117. The zero-order chi connectivity index (χ0) is 24.9. The average Bonchev–Trinajstić information content (AvgIpc) is 3.27. The number of carbonyl (C=O) groups is 2. The molecule has 180 valence electrons. The summed E-state index contributed by atoms with van der Waals surface area (Å²) in [6.07, 6.45) is -3.87. The van der Waals surface area contributed by atoms with Crippen molar-refractivity contribution in [3.63, 3.8) is 0 Å². The van der Waals surface area contributed by atoms with Crippen molar-refractivity contribution < 1.29 is 22.8 Å². The number of nitrogens with one attached hydrogen (secondary N) is 1. The van der Waals surface area contributed by atoms with Crippen molar-refractivity contribution in [2.24, 2.45) is 0 Å². The molecule has 0 saturated carbocycles. The Balaban J connectivity index is 1.63. The second kappa shape index (κ2) is 11.0. The molecule has 1 N–H and O–H groups in total. The van der Waals surface area contributed by atoms with E-state index >= 15 is 0 Å². The Morgan fingerprint density at radius 2 is 1.74 bits per heavy atom. The van der Waals surface area contributed by atoms with E-state index in [0.717, 1.165) is 29.8 Å². The molecule has 0 fully saturated rings. The van der Waals surface area contributed by atoms with Gasteiger partial charge in [0.05, 0.1) is 5.56 Å². The summed E-state index contributed by atoms with van der Waals surface area (Å²) < 4.78 is 38.4. The first-order chi connectivity index (χ1) is 16.1. The molecule has 6 nitrogen and oxygen atoms in total. The SMILES string of the molecule is CC[C@H](C)N(CCC(=O)Nc1nnc(-c2ccc(Cl)cc2)s1)C(=O)c1ccc(C(F)(F)F)cc1. The highest BCUT2D eigenvalue weighted by atomic mass is 35.5. The van der Waals surface area contributed by atoms with E-state index in [0.29, 0.717) is 21.6 Å². The Hall–Kier alpha value is -2.98. The van der Waals surface area contributed by atoms with Gasteiger partial charge in [0.15, 0.2) is 0 Å². The Bertz CT molecular complexity index is 1130. The molecule has 3 rings (SSSR count). The van der Waals surface area contributed by atoms with Crippen LogP contribution in [0.15, 0.2) is 48.5 Å². The molecule has 0 spiro atoms. The van der Waals surface area contributed by atoms with Gasteiger partial charge in [-0.15, -0.1) is 10.2 Å². The fourth-order valence-corrected chi connectivity index (χ4v) is 3.99. The van der Waals surface area contributed by atoms with Crippen molar-refractivity contribution in [2.75, 3.05) is 11.9 Å². The number of carbonyl (C=O) groups excluding carboxylic acids is 2. The van der Waals surface area contributed by atoms with Gasteiger partial charge in [-0.3, -0.25) is 9.59 Å². The fourth-order valence-electron chi connectivity index (χ4n) is 3.10. The lowest BCUT2D eigenvalue weighted by Gasteiger charge is -2.28. The van der Waals surface area contributed by atoms with E-state index in [9.17, 15) is 22.8 Å². The van der Waals surface area contributed by atoms with E-state index in [1.807, 2.05) is 13.8 Å². The maximum atomic E-state index is 12.9. The van der Waals surface area contributed by atoms with Crippen molar-refractivity contribution in [2.45, 2.75) is 38.9 Å². The number of hydrogen-bond donors (Lipinski definition) is 1. The summed E-state index contributed by atoms with van der Waals surface area (Å²) >= 11 is 7.09. The number of hydrogen-bond acceptors (Lipinski definition) is 5. The normalized spacial score (nSPS) is 12.3. The number of rotatable bonds is 8. The van der Waals surface area contributed by atoms with Gasteiger partial charge < -0.3 is 10.2 Å². The summed E-state index contributed by atoms with van der Waals surface area (Å²) in [6, 6.07) is 10.9. The molecule has 1 aromatic heterocycles. The second-order valence-corrected chi connectivity index (χ2v) is 8.96. The number of nitrogens with zero attached hydrogens (tertiary/aromatic N) is 3. The number of alkyl halides is 3. The van der Waals surface area contributed by atoms with E-state index in [4.69, 9.17) is 11.6 Å². The topological polar surface area (TPSA) is 75.2 Å². The van der Waals surface area contributed by atoms with Crippen LogP contribution in [0, 0.1) is 0 Å². The Morgan fingerprint density at radius 3 is 2.32 bits per heavy atom. The number of halogens is 4. The smallest absolute Gasteiger partial charge is 0.335 e. The molecule has 1 atom stereocenters. The summed E-state index contributed by atoms with van der Waals surface area (Å²) in [6.45, 7) is 3.81. The molecular formula is C23H22ClF3N4O2S. The first-order valence-electron chi connectivity index (χ1n) is 10.5. The van der Waals surface area contributed by atoms with E-state index in [-0.39, 0.29) is 30.5 Å². The van der Waals surface area contributed by atoms with Crippen molar-refractivity contribution in [3.05, 3.63) is 64.7 Å². The van der Waals surface area contributed by atoms with Gasteiger partial charge in [0.1, 0.15) is 5.01 Å². The summed E-state index contributed by atoms with van der Waals surface area (Å²) in [5, 5.41) is 12.2. The number of aromatic nitrogens is 2. The summed E-state index contributed by atoms with van der Waals surface area (Å²) in [5.74, 6) is -0.788. The molecule has 0 unspecified atom stereocenters. The minimum Gasteiger partial charge on any atom is -0.335 e. The van der Waals surface area contributed by atoms with Crippen LogP contribution in [-0.4, -0.2) is 39.5 Å². The van der Waals surface area contributed by atoms with E-state index < -0.39 is 17.6 Å². The van der Waals surface area contributed by atoms with Crippen LogP contribution < -0.4 is 5.32 Å². The molecule has 34 heavy (non-hydrogen) atoms. The van der Waals surface area contributed by atoms with Gasteiger partial charge in [0.25, 0.3) is 5.91 Å². The Morgan fingerprint density at radius 1 is 1.09 bits per heavy atom. The zero-order valence-electron chi connectivity index (χ0n) is 18.4. The third-order valence-electron chi connectivity index (χ3n) is 5.19. The quantitative estimate of drug-likeness (QED) is 0.394. The predicted octanol–water partition coefficient (Wildman–Crippen LogP) is 6.15. The Kier molecular flexibility index (Phi) is 8.27. The number of benzene rings is 2. The molecule has 0 saturated heterocycles. The molecule has 0 aliphatic heterocycles. The van der Waals surface area contributed by atoms with Crippen LogP contribution in [0.2, 0.25) is 5.02 Å². The van der Waals surface area contributed by atoms with Crippen LogP contribution in [0.4, 0.5) is 18.3 Å². The maximum absolute atomic E-state index is 12.9. The molecule has 0 radical (unpaired) electrons. The van der Waals surface area contributed by atoms with Crippen molar-refractivity contribution >= 4 is 39.9 Å². The monoisotopic (exact) mass is 510 g/mol. The maximum Gasteiger partial charge on any atom is 0.416 e. The van der Waals surface area contributed by atoms with Crippen LogP contribution in [-0.2, 0) is 11.0 Å². The largest absolute Gasteiger partial charge is 0.416 e. The van der Waals surface area contributed by atoms with Gasteiger partial charge in [-0.1, -0.05) is 42.0 Å². The molecule has 0 aliphatic carbocycles. The molecule has 0 aliphatic rings. The standard InChI is InChI=1S/C23H22ClF3N4O2S/c1-3-14(2)31(21(33)16-4-8-17(9-5-16)23(25,26)27)13-12-19(32)28-22-30-29-20(34-22)15-6-10-18(24)11-7-15/h4-11,14H,3,12-13H2,1-2H3,(H,28,30,32)/t14-/m0/s1. The number of anilines is 1. The van der Waals surface area contributed by atoms with Gasteiger partial charge in [0.2, 0.25) is 11.0 Å². The first kappa shape index (κ1) is 25.6. The average molecular weight is 511 g/mol. The minimum absolute atomic E-state index is 0.00737. The fraction of sp³-hybridized carbons (Fsp3) is 0.304. The molecule has 2 aromatic carbocycles.